The van der Waals surface area contributed by atoms with Gasteiger partial charge in [-0.1, -0.05) is 48.7 Å². The first-order valence-electron chi connectivity index (χ1n) is 6.09. The van der Waals surface area contributed by atoms with E-state index in [9.17, 15) is 0 Å². The number of hydrogen-bond donors (Lipinski definition) is 1. The molecule has 1 aromatic carbocycles. The number of benzene rings is 1. The average molecular weight is 318 g/mol. The molecule has 0 aliphatic rings. The van der Waals surface area contributed by atoms with Crippen LogP contribution in [0.15, 0.2) is 12.1 Å². The van der Waals surface area contributed by atoms with E-state index >= 15 is 0 Å². The van der Waals surface area contributed by atoms with E-state index < -0.39 is 0 Å². The SMILES string of the molecule is CNc1cc(CC(C)C)nc2c(Cl)cc(Cl)c(Cl)c12. The van der Waals surface area contributed by atoms with Crippen molar-refractivity contribution in [1.29, 1.82) is 0 Å². The molecule has 0 aliphatic carbocycles. The molecule has 0 aliphatic heterocycles. The van der Waals surface area contributed by atoms with Crippen LogP contribution in [0, 0.1) is 5.92 Å². The third kappa shape index (κ3) is 2.91. The van der Waals surface area contributed by atoms with Crippen molar-refractivity contribution in [2.24, 2.45) is 5.92 Å². The summed E-state index contributed by atoms with van der Waals surface area (Å²) in [4.78, 5) is 4.61. The number of hydrogen-bond acceptors (Lipinski definition) is 2. The molecule has 19 heavy (non-hydrogen) atoms. The molecule has 1 aromatic heterocycles. The monoisotopic (exact) mass is 316 g/mol. The van der Waals surface area contributed by atoms with E-state index in [1.54, 1.807) is 6.07 Å². The summed E-state index contributed by atoms with van der Waals surface area (Å²) >= 11 is 18.6. The van der Waals surface area contributed by atoms with Gasteiger partial charge in [-0.2, -0.15) is 0 Å². The van der Waals surface area contributed by atoms with Crippen LogP contribution in [0.1, 0.15) is 19.5 Å². The highest BCUT2D eigenvalue weighted by Gasteiger charge is 2.15. The zero-order chi connectivity index (χ0) is 14.2. The van der Waals surface area contributed by atoms with Crippen LogP contribution in [0.3, 0.4) is 0 Å². The molecule has 0 saturated heterocycles. The van der Waals surface area contributed by atoms with Crippen LogP contribution in [-0.4, -0.2) is 12.0 Å². The van der Waals surface area contributed by atoms with Crippen LogP contribution < -0.4 is 5.32 Å². The number of nitrogens with zero attached hydrogens (tertiary/aromatic N) is 1. The molecule has 0 radical (unpaired) electrons. The molecular weight excluding hydrogens is 303 g/mol. The van der Waals surface area contributed by atoms with Gasteiger partial charge >= 0.3 is 0 Å². The first-order valence-corrected chi connectivity index (χ1v) is 7.22. The molecule has 1 heterocycles. The highest BCUT2D eigenvalue weighted by molar-refractivity contribution is 6.48. The van der Waals surface area contributed by atoms with Crippen molar-refractivity contribution >= 4 is 51.4 Å². The van der Waals surface area contributed by atoms with Crippen molar-refractivity contribution in [1.82, 2.24) is 4.98 Å². The molecule has 0 saturated carbocycles. The van der Waals surface area contributed by atoms with E-state index in [0.717, 1.165) is 23.2 Å². The van der Waals surface area contributed by atoms with Crippen molar-refractivity contribution in [2.45, 2.75) is 20.3 Å². The Hall–Kier alpha value is -0.700. The second kappa shape index (κ2) is 5.74. The van der Waals surface area contributed by atoms with E-state index in [0.29, 0.717) is 26.5 Å². The Kier molecular flexibility index (Phi) is 4.44. The summed E-state index contributed by atoms with van der Waals surface area (Å²) in [5.41, 5.74) is 2.58. The predicted molar refractivity (Wildman–Crippen MR) is 84.9 cm³/mol. The highest BCUT2D eigenvalue weighted by atomic mass is 35.5. The fourth-order valence-electron chi connectivity index (χ4n) is 2.08. The average Bonchev–Trinajstić information content (AvgIpc) is 2.34. The molecule has 2 aromatic rings. The van der Waals surface area contributed by atoms with Gasteiger partial charge in [-0.25, -0.2) is 0 Å². The van der Waals surface area contributed by atoms with Gasteiger partial charge in [-0.3, -0.25) is 4.98 Å². The molecule has 1 N–H and O–H groups in total. The zero-order valence-electron chi connectivity index (χ0n) is 11.0. The first kappa shape index (κ1) is 14.7. The molecule has 0 unspecified atom stereocenters. The summed E-state index contributed by atoms with van der Waals surface area (Å²) in [5.74, 6) is 0.524. The Bertz CT molecular complexity index is 624. The van der Waals surface area contributed by atoms with E-state index in [2.05, 4.69) is 24.1 Å². The molecule has 0 bridgehead atoms. The van der Waals surface area contributed by atoms with Crippen LogP contribution in [0.2, 0.25) is 15.1 Å². The van der Waals surface area contributed by atoms with E-state index in [4.69, 9.17) is 34.8 Å². The van der Waals surface area contributed by atoms with E-state index in [-0.39, 0.29) is 0 Å². The smallest absolute Gasteiger partial charge is 0.0928 e. The van der Waals surface area contributed by atoms with Gasteiger partial charge in [-0.15, -0.1) is 0 Å². The summed E-state index contributed by atoms with van der Waals surface area (Å²) in [5, 5.41) is 5.35. The van der Waals surface area contributed by atoms with Gasteiger partial charge in [-0.05, 0) is 24.5 Å². The summed E-state index contributed by atoms with van der Waals surface area (Å²) in [6.07, 6.45) is 0.890. The lowest BCUT2D eigenvalue weighted by atomic mass is 10.1. The second-order valence-electron chi connectivity index (χ2n) is 4.89. The van der Waals surface area contributed by atoms with Gasteiger partial charge < -0.3 is 5.32 Å². The quantitative estimate of drug-likeness (QED) is 0.763. The molecule has 0 fully saturated rings. The number of rotatable bonds is 3. The number of fused-ring (bicyclic) bond motifs is 1. The molecule has 102 valence electrons. The van der Waals surface area contributed by atoms with Crippen molar-refractivity contribution < 1.29 is 0 Å². The van der Waals surface area contributed by atoms with Crippen molar-refractivity contribution in [3.05, 3.63) is 32.9 Å². The van der Waals surface area contributed by atoms with Crippen LogP contribution in [-0.2, 0) is 6.42 Å². The Morgan fingerprint density at radius 2 is 1.84 bits per heavy atom. The third-order valence-corrected chi connectivity index (χ3v) is 3.94. The van der Waals surface area contributed by atoms with Gasteiger partial charge in [0.25, 0.3) is 0 Å². The molecular formula is C14H15Cl3N2. The number of nitrogens with one attached hydrogen (secondary N) is 1. The van der Waals surface area contributed by atoms with Gasteiger partial charge in [0.1, 0.15) is 0 Å². The van der Waals surface area contributed by atoms with Gasteiger partial charge in [0.15, 0.2) is 0 Å². The van der Waals surface area contributed by atoms with Crippen LogP contribution in [0.25, 0.3) is 10.9 Å². The van der Waals surface area contributed by atoms with Gasteiger partial charge in [0, 0.05) is 23.8 Å². The van der Waals surface area contributed by atoms with Crippen molar-refractivity contribution in [3.63, 3.8) is 0 Å². The number of pyridine rings is 1. The fraction of sp³-hybridized carbons (Fsp3) is 0.357. The Morgan fingerprint density at radius 3 is 2.42 bits per heavy atom. The van der Waals surface area contributed by atoms with Gasteiger partial charge in [0.05, 0.1) is 20.6 Å². The molecule has 5 heteroatoms. The summed E-state index contributed by atoms with van der Waals surface area (Å²) in [7, 11) is 1.85. The Morgan fingerprint density at radius 1 is 1.16 bits per heavy atom. The molecule has 0 atom stereocenters. The van der Waals surface area contributed by atoms with Crippen LogP contribution in [0.5, 0.6) is 0 Å². The minimum Gasteiger partial charge on any atom is -0.387 e. The Labute approximate surface area is 128 Å². The maximum Gasteiger partial charge on any atom is 0.0928 e. The van der Waals surface area contributed by atoms with E-state index in [1.807, 2.05) is 13.1 Å². The van der Waals surface area contributed by atoms with Crippen LogP contribution >= 0.6 is 34.8 Å². The molecule has 0 spiro atoms. The lowest BCUT2D eigenvalue weighted by molar-refractivity contribution is 0.637. The lowest BCUT2D eigenvalue weighted by Crippen LogP contribution is -2.01. The highest BCUT2D eigenvalue weighted by Crippen LogP contribution is 2.39. The van der Waals surface area contributed by atoms with E-state index in [1.165, 1.54) is 0 Å². The summed E-state index contributed by atoms with van der Waals surface area (Å²) < 4.78 is 0. The first-order chi connectivity index (χ1) is 8.93. The van der Waals surface area contributed by atoms with Crippen molar-refractivity contribution in [3.8, 4) is 0 Å². The number of halogens is 3. The second-order valence-corrected chi connectivity index (χ2v) is 6.08. The minimum absolute atomic E-state index is 0.439. The standard InChI is InChI=1S/C14H15Cl3N2/c1-7(2)4-8-5-11(18-3)12-13(17)9(15)6-10(16)14(12)19-8/h5-7H,4H2,1-3H3,(H,18,19). The predicted octanol–water partition coefficient (Wildman–Crippen LogP) is 5.44. The minimum atomic E-state index is 0.439. The van der Waals surface area contributed by atoms with Gasteiger partial charge in [0.2, 0.25) is 0 Å². The topological polar surface area (TPSA) is 24.9 Å². The number of aromatic nitrogens is 1. The fourth-order valence-corrected chi connectivity index (χ4v) is 2.83. The molecule has 0 amide bonds. The molecule has 2 rings (SSSR count). The number of anilines is 1. The summed E-state index contributed by atoms with van der Waals surface area (Å²) in [6, 6.07) is 3.64. The van der Waals surface area contributed by atoms with Crippen LogP contribution in [0.4, 0.5) is 5.69 Å². The maximum absolute atomic E-state index is 6.27. The largest absolute Gasteiger partial charge is 0.387 e. The maximum atomic E-state index is 6.27. The normalized spacial score (nSPS) is 11.3. The Balaban J connectivity index is 2.77. The lowest BCUT2D eigenvalue weighted by Gasteiger charge is -2.13. The zero-order valence-corrected chi connectivity index (χ0v) is 13.3. The summed E-state index contributed by atoms with van der Waals surface area (Å²) in [6.45, 7) is 4.31. The molecule has 2 nitrogen and oxygen atoms in total. The third-order valence-electron chi connectivity index (χ3n) is 2.87. The van der Waals surface area contributed by atoms with Crippen molar-refractivity contribution in [2.75, 3.05) is 12.4 Å².